The first kappa shape index (κ1) is 16.0. The number of rotatable bonds is 7. The summed E-state index contributed by atoms with van der Waals surface area (Å²) in [5.74, 6) is 0.363. The average Bonchev–Trinajstić information content (AvgIpc) is 2.38. The summed E-state index contributed by atoms with van der Waals surface area (Å²) >= 11 is 11.2. The predicted octanol–water partition coefficient (Wildman–Crippen LogP) is 3.21. The Labute approximate surface area is 120 Å². The van der Waals surface area contributed by atoms with Crippen molar-refractivity contribution in [1.82, 2.24) is 4.90 Å². The summed E-state index contributed by atoms with van der Waals surface area (Å²) in [6.07, 6.45) is 0. The molecule has 0 aromatic heterocycles. The van der Waals surface area contributed by atoms with E-state index in [1.165, 1.54) is 29.2 Å². The van der Waals surface area contributed by atoms with Crippen LogP contribution in [0.3, 0.4) is 0 Å². The van der Waals surface area contributed by atoms with Crippen LogP contribution in [0.15, 0.2) is 24.3 Å². The summed E-state index contributed by atoms with van der Waals surface area (Å²) in [7, 11) is 0. The zero-order valence-corrected chi connectivity index (χ0v) is 11.5. The van der Waals surface area contributed by atoms with Gasteiger partial charge >= 0.3 is 6.61 Å². The summed E-state index contributed by atoms with van der Waals surface area (Å²) in [6.45, 7) is -2.13. The molecule has 1 aromatic rings. The third kappa shape index (κ3) is 5.20. The van der Waals surface area contributed by atoms with E-state index in [2.05, 4.69) is 4.74 Å². The molecule has 1 aromatic carbocycles. The number of amides is 1. The SMILES string of the molecule is O=C(c1ccc(OC(F)F)cc1)N(CCCl)CCCl. The predicted molar refractivity (Wildman–Crippen MR) is 70.4 cm³/mol. The van der Waals surface area contributed by atoms with Gasteiger partial charge in [-0.15, -0.1) is 23.2 Å². The highest BCUT2D eigenvalue weighted by Crippen LogP contribution is 2.16. The third-order valence-corrected chi connectivity index (χ3v) is 2.66. The van der Waals surface area contributed by atoms with Crippen LogP contribution in [0.1, 0.15) is 10.4 Å². The average molecular weight is 312 g/mol. The lowest BCUT2D eigenvalue weighted by Gasteiger charge is -2.20. The molecule has 0 N–H and O–H groups in total. The van der Waals surface area contributed by atoms with Gasteiger partial charge in [0, 0.05) is 30.4 Å². The molecule has 0 saturated heterocycles. The van der Waals surface area contributed by atoms with Crippen LogP contribution in [-0.4, -0.2) is 42.3 Å². The van der Waals surface area contributed by atoms with E-state index in [9.17, 15) is 13.6 Å². The van der Waals surface area contributed by atoms with E-state index in [1.54, 1.807) is 0 Å². The first-order chi connectivity index (χ1) is 9.08. The third-order valence-electron chi connectivity index (χ3n) is 2.32. The van der Waals surface area contributed by atoms with Crippen LogP contribution in [0, 0.1) is 0 Å². The monoisotopic (exact) mass is 311 g/mol. The summed E-state index contributed by atoms with van der Waals surface area (Å²) < 4.78 is 28.2. The number of ether oxygens (including phenoxy) is 1. The molecule has 0 spiro atoms. The maximum absolute atomic E-state index is 12.1. The maximum atomic E-state index is 12.1. The minimum absolute atomic E-state index is 0.00721. The van der Waals surface area contributed by atoms with Crippen LogP contribution in [0.4, 0.5) is 8.78 Å². The van der Waals surface area contributed by atoms with Crippen molar-refractivity contribution >= 4 is 29.1 Å². The Morgan fingerprint density at radius 3 is 2.11 bits per heavy atom. The Bertz CT molecular complexity index is 395. The molecule has 0 bridgehead atoms. The molecule has 106 valence electrons. The molecule has 0 saturated carbocycles. The fourth-order valence-electron chi connectivity index (χ4n) is 1.48. The molecule has 1 rings (SSSR count). The van der Waals surface area contributed by atoms with Crippen molar-refractivity contribution in [1.29, 1.82) is 0 Å². The van der Waals surface area contributed by atoms with Crippen molar-refractivity contribution in [2.24, 2.45) is 0 Å². The Morgan fingerprint density at radius 2 is 1.68 bits per heavy atom. The molecule has 19 heavy (non-hydrogen) atoms. The van der Waals surface area contributed by atoms with Crippen LogP contribution < -0.4 is 4.74 Å². The van der Waals surface area contributed by atoms with Crippen molar-refractivity contribution in [3.63, 3.8) is 0 Å². The molecule has 0 aliphatic carbocycles. The van der Waals surface area contributed by atoms with E-state index in [1.807, 2.05) is 0 Å². The fourth-order valence-corrected chi connectivity index (χ4v) is 1.89. The summed E-state index contributed by atoms with van der Waals surface area (Å²) in [5, 5.41) is 0. The lowest BCUT2D eigenvalue weighted by Crippen LogP contribution is -2.34. The van der Waals surface area contributed by atoms with Crippen molar-refractivity contribution in [3.8, 4) is 5.75 Å². The lowest BCUT2D eigenvalue weighted by molar-refractivity contribution is -0.0498. The summed E-state index contributed by atoms with van der Waals surface area (Å²) in [4.78, 5) is 13.6. The second kappa shape index (κ2) is 8.17. The highest BCUT2D eigenvalue weighted by Gasteiger charge is 2.15. The van der Waals surface area contributed by atoms with Gasteiger partial charge in [0.05, 0.1) is 0 Å². The Kier molecular flexibility index (Phi) is 6.87. The summed E-state index contributed by atoms with van der Waals surface area (Å²) in [6, 6.07) is 5.49. The van der Waals surface area contributed by atoms with E-state index < -0.39 is 6.61 Å². The normalized spacial score (nSPS) is 10.6. The molecular formula is C12H13Cl2F2NO2. The molecule has 0 aliphatic heterocycles. The minimum atomic E-state index is -2.88. The first-order valence-electron chi connectivity index (χ1n) is 5.54. The number of hydrogen-bond donors (Lipinski definition) is 0. The van der Waals surface area contributed by atoms with Gasteiger partial charge in [-0.05, 0) is 24.3 Å². The van der Waals surface area contributed by atoms with Gasteiger partial charge in [0.1, 0.15) is 5.75 Å². The molecule has 0 atom stereocenters. The highest BCUT2D eigenvalue weighted by atomic mass is 35.5. The second-order valence-electron chi connectivity index (χ2n) is 3.57. The molecule has 3 nitrogen and oxygen atoms in total. The maximum Gasteiger partial charge on any atom is 0.387 e. The van der Waals surface area contributed by atoms with E-state index in [4.69, 9.17) is 23.2 Å². The van der Waals surface area contributed by atoms with Gasteiger partial charge in [0.25, 0.3) is 5.91 Å². The first-order valence-corrected chi connectivity index (χ1v) is 6.61. The van der Waals surface area contributed by atoms with Crippen LogP contribution in [0.25, 0.3) is 0 Å². The Morgan fingerprint density at radius 1 is 1.16 bits per heavy atom. The molecule has 0 fully saturated rings. The Hall–Kier alpha value is -1.07. The molecule has 0 unspecified atom stereocenters. The topological polar surface area (TPSA) is 29.5 Å². The van der Waals surface area contributed by atoms with E-state index in [0.717, 1.165) is 0 Å². The molecule has 1 amide bonds. The zero-order chi connectivity index (χ0) is 14.3. The number of carbonyl (C=O) groups is 1. The molecule has 0 radical (unpaired) electrons. The van der Waals surface area contributed by atoms with E-state index in [-0.39, 0.29) is 11.7 Å². The number of nitrogens with zero attached hydrogens (tertiary/aromatic N) is 1. The van der Waals surface area contributed by atoms with Crippen molar-refractivity contribution in [3.05, 3.63) is 29.8 Å². The van der Waals surface area contributed by atoms with Crippen molar-refractivity contribution < 1.29 is 18.3 Å². The van der Waals surface area contributed by atoms with Gasteiger partial charge in [-0.2, -0.15) is 8.78 Å². The van der Waals surface area contributed by atoms with E-state index in [0.29, 0.717) is 30.4 Å². The standard InChI is InChI=1S/C12H13Cl2F2NO2/c13-5-7-17(8-6-14)11(18)9-1-3-10(4-2-9)19-12(15)16/h1-4,12H,5-8H2. The number of halogens is 4. The zero-order valence-electron chi connectivity index (χ0n) is 9.99. The highest BCUT2D eigenvalue weighted by molar-refractivity contribution is 6.18. The smallest absolute Gasteiger partial charge is 0.387 e. The van der Waals surface area contributed by atoms with Gasteiger partial charge in [-0.1, -0.05) is 0 Å². The summed E-state index contributed by atoms with van der Waals surface area (Å²) in [5.41, 5.74) is 0.372. The van der Waals surface area contributed by atoms with Crippen LogP contribution >= 0.6 is 23.2 Å². The van der Waals surface area contributed by atoms with Gasteiger partial charge in [-0.3, -0.25) is 4.79 Å². The van der Waals surface area contributed by atoms with Gasteiger partial charge in [-0.25, -0.2) is 0 Å². The van der Waals surface area contributed by atoms with E-state index >= 15 is 0 Å². The van der Waals surface area contributed by atoms with Gasteiger partial charge < -0.3 is 9.64 Å². The fraction of sp³-hybridized carbons (Fsp3) is 0.417. The number of alkyl halides is 4. The number of carbonyl (C=O) groups excluding carboxylic acids is 1. The quantitative estimate of drug-likeness (QED) is 0.724. The van der Waals surface area contributed by atoms with Gasteiger partial charge in [0.15, 0.2) is 0 Å². The largest absolute Gasteiger partial charge is 0.435 e. The van der Waals surface area contributed by atoms with Crippen molar-refractivity contribution in [2.75, 3.05) is 24.8 Å². The molecule has 0 aliphatic rings. The molecule has 0 heterocycles. The Balaban J connectivity index is 2.75. The molecule has 7 heteroatoms. The van der Waals surface area contributed by atoms with Gasteiger partial charge in [0.2, 0.25) is 0 Å². The number of hydrogen-bond acceptors (Lipinski definition) is 2. The van der Waals surface area contributed by atoms with Crippen LogP contribution in [0.2, 0.25) is 0 Å². The molecular weight excluding hydrogens is 299 g/mol. The second-order valence-corrected chi connectivity index (χ2v) is 4.33. The van der Waals surface area contributed by atoms with Crippen molar-refractivity contribution in [2.45, 2.75) is 6.61 Å². The number of benzene rings is 1. The van der Waals surface area contributed by atoms with Crippen LogP contribution in [0.5, 0.6) is 5.75 Å². The minimum Gasteiger partial charge on any atom is -0.435 e. The van der Waals surface area contributed by atoms with Crippen LogP contribution in [-0.2, 0) is 0 Å². The lowest BCUT2D eigenvalue weighted by atomic mass is 10.2.